The van der Waals surface area contributed by atoms with Crippen LogP contribution in [-0.4, -0.2) is 39.3 Å². The van der Waals surface area contributed by atoms with Crippen LogP contribution in [0.25, 0.3) is 0 Å². The van der Waals surface area contributed by atoms with Gasteiger partial charge < -0.3 is 14.7 Å². The lowest BCUT2D eigenvalue weighted by Crippen LogP contribution is -2.60. The minimum Gasteiger partial charge on any atom is -0.480 e. The molecule has 2 saturated heterocycles. The summed E-state index contributed by atoms with van der Waals surface area (Å²) in [4.78, 5) is 35.0. The van der Waals surface area contributed by atoms with Crippen LogP contribution in [0.2, 0.25) is 0 Å². The Morgan fingerprint density at radius 1 is 1.53 bits per heavy atom. The first kappa shape index (κ1) is 12.0. The summed E-state index contributed by atoms with van der Waals surface area (Å²) in [6.45, 7) is 1.28. The number of amides is 1. The van der Waals surface area contributed by atoms with Gasteiger partial charge in [-0.1, -0.05) is 0 Å². The summed E-state index contributed by atoms with van der Waals surface area (Å²) in [5.41, 5.74) is 0. The summed E-state index contributed by atoms with van der Waals surface area (Å²) in [7, 11) is 0. The van der Waals surface area contributed by atoms with Crippen LogP contribution in [0.5, 0.6) is 0 Å². The molecule has 1 amide bonds. The molecule has 0 aromatic rings. The second kappa shape index (κ2) is 4.40. The molecule has 2 aliphatic rings. The van der Waals surface area contributed by atoms with Gasteiger partial charge >= 0.3 is 11.9 Å². The molecule has 2 rings (SSSR count). The molecule has 17 heavy (non-hydrogen) atoms. The fourth-order valence-corrected chi connectivity index (χ4v) is 3.13. The summed E-state index contributed by atoms with van der Waals surface area (Å²) < 4.78 is 4.73. The monoisotopic (exact) mass is 257 g/mol. The molecule has 0 bridgehead atoms. The van der Waals surface area contributed by atoms with Gasteiger partial charge in [-0.15, -0.1) is 11.8 Å². The first-order valence-electron chi connectivity index (χ1n) is 5.06. The van der Waals surface area contributed by atoms with Crippen LogP contribution in [0, 0.1) is 0 Å². The predicted octanol–water partition coefficient (Wildman–Crippen LogP) is 0.539. The van der Waals surface area contributed by atoms with Crippen LogP contribution < -0.4 is 0 Å². The molecule has 2 heterocycles. The Hall–Kier alpha value is -1.50. The molecule has 2 fully saturated rings. The van der Waals surface area contributed by atoms with Crippen molar-refractivity contribution in [2.75, 3.05) is 0 Å². The smallest absolute Gasteiger partial charge is 0.326 e. The Morgan fingerprint density at radius 3 is 2.76 bits per heavy atom. The quantitative estimate of drug-likeness (QED) is 0.441. The predicted molar refractivity (Wildman–Crippen MR) is 58.7 cm³/mol. The highest BCUT2D eigenvalue weighted by Crippen LogP contribution is 2.43. The summed E-state index contributed by atoms with van der Waals surface area (Å²) in [6, 6.07) is -0.843. The van der Waals surface area contributed by atoms with Gasteiger partial charge in [-0.2, -0.15) is 0 Å². The molecule has 92 valence electrons. The van der Waals surface area contributed by atoms with Gasteiger partial charge in [0.05, 0.1) is 11.8 Å². The standard InChI is InChI=1S/C10H11NO5S/c1-5(12)16-4-6-2-7(10(14)15)11-8(13)3-9(11)17-6/h4,7,9H,2-3H2,1H3,(H,14,15)/b6-4+/t7?,9-/m1/s1. The van der Waals surface area contributed by atoms with Crippen molar-refractivity contribution in [3.63, 3.8) is 0 Å². The summed E-state index contributed by atoms with van der Waals surface area (Å²) in [6.07, 6.45) is 1.81. The second-order valence-electron chi connectivity index (χ2n) is 3.83. The number of ether oxygens (including phenoxy) is 1. The Balaban J connectivity index is 2.10. The van der Waals surface area contributed by atoms with Crippen LogP contribution in [0.3, 0.4) is 0 Å². The maximum Gasteiger partial charge on any atom is 0.326 e. The fraction of sp³-hybridized carbons (Fsp3) is 0.500. The third kappa shape index (κ3) is 2.28. The van der Waals surface area contributed by atoms with E-state index >= 15 is 0 Å². The van der Waals surface area contributed by atoms with E-state index in [-0.39, 0.29) is 17.7 Å². The number of hydrogen-bond donors (Lipinski definition) is 1. The van der Waals surface area contributed by atoms with Crippen molar-refractivity contribution in [3.8, 4) is 0 Å². The van der Waals surface area contributed by atoms with Crippen molar-refractivity contribution in [2.24, 2.45) is 0 Å². The van der Waals surface area contributed by atoms with E-state index in [9.17, 15) is 14.4 Å². The van der Waals surface area contributed by atoms with Crippen molar-refractivity contribution in [3.05, 3.63) is 11.2 Å². The van der Waals surface area contributed by atoms with Crippen LogP contribution in [0.15, 0.2) is 11.2 Å². The van der Waals surface area contributed by atoms with Crippen molar-refractivity contribution in [1.82, 2.24) is 4.90 Å². The molecule has 2 atom stereocenters. The molecular formula is C10H11NO5S. The Morgan fingerprint density at radius 2 is 2.24 bits per heavy atom. The summed E-state index contributed by atoms with van der Waals surface area (Å²) in [5.74, 6) is -1.62. The highest BCUT2D eigenvalue weighted by molar-refractivity contribution is 8.03. The maximum atomic E-state index is 11.3. The van der Waals surface area contributed by atoms with Gasteiger partial charge in [-0.05, 0) is 0 Å². The number of carboxylic acids is 1. The average Bonchev–Trinajstić information content (AvgIpc) is 2.23. The maximum absolute atomic E-state index is 11.3. The largest absolute Gasteiger partial charge is 0.480 e. The van der Waals surface area contributed by atoms with Crippen molar-refractivity contribution >= 4 is 29.6 Å². The highest BCUT2D eigenvalue weighted by Gasteiger charge is 2.48. The normalized spacial score (nSPS) is 29.6. The van der Waals surface area contributed by atoms with E-state index < -0.39 is 18.0 Å². The average molecular weight is 257 g/mol. The van der Waals surface area contributed by atoms with Crippen LogP contribution in [-0.2, 0) is 19.1 Å². The number of hydrogen-bond acceptors (Lipinski definition) is 5. The lowest BCUT2D eigenvalue weighted by Gasteiger charge is -2.47. The van der Waals surface area contributed by atoms with E-state index in [2.05, 4.69) is 0 Å². The fourth-order valence-electron chi connectivity index (χ4n) is 1.82. The number of carbonyl (C=O) groups excluding carboxylic acids is 2. The van der Waals surface area contributed by atoms with Crippen molar-refractivity contribution in [1.29, 1.82) is 0 Å². The number of β-lactam (4-membered cyclic amide) rings is 1. The minimum absolute atomic E-state index is 0.138. The van der Waals surface area contributed by atoms with Gasteiger partial charge in [0.1, 0.15) is 12.3 Å². The molecule has 0 spiro atoms. The van der Waals surface area contributed by atoms with Crippen molar-refractivity contribution < 1.29 is 24.2 Å². The molecule has 7 heteroatoms. The molecule has 1 unspecified atom stereocenters. The number of carboxylic acid groups (broad SMARTS) is 1. The molecule has 6 nitrogen and oxygen atoms in total. The first-order valence-corrected chi connectivity index (χ1v) is 5.94. The van der Waals surface area contributed by atoms with Crippen molar-refractivity contribution in [2.45, 2.75) is 31.2 Å². The van der Waals surface area contributed by atoms with E-state index in [4.69, 9.17) is 9.84 Å². The first-order chi connectivity index (χ1) is 7.99. The lowest BCUT2D eigenvalue weighted by molar-refractivity contribution is -0.158. The Labute approximate surface area is 102 Å². The Kier molecular flexibility index (Phi) is 3.10. The molecule has 0 aromatic carbocycles. The minimum atomic E-state index is -1.03. The SMILES string of the molecule is CC(=O)O/C=C1\CC(C(=O)O)N2C(=O)C[C@H]2S1. The van der Waals surface area contributed by atoms with E-state index in [1.165, 1.54) is 29.8 Å². The zero-order chi connectivity index (χ0) is 12.6. The zero-order valence-corrected chi connectivity index (χ0v) is 9.90. The number of carbonyl (C=O) groups is 3. The third-order valence-electron chi connectivity index (χ3n) is 2.61. The van der Waals surface area contributed by atoms with Gasteiger partial charge in [0.15, 0.2) is 0 Å². The van der Waals surface area contributed by atoms with Gasteiger partial charge in [0.25, 0.3) is 0 Å². The van der Waals surface area contributed by atoms with E-state index in [0.717, 1.165) is 0 Å². The third-order valence-corrected chi connectivity index (χ3v) is 3.84. The molecule has 1 N–H and O–H groups in total. The lowest BCUT2D eigenvalue weighted by atomic mass is 10.1. The molecule has 0 aromatic heterocycles. The van der Waals surface area contributed by atoms with Crippen LogP contribution in [0.4, 0.5) is 0 Å². The molecular weight excluding hydrogens is 246 g/mol. The summed E-state index contributed by atoms with van der Waals surface area (Å²) >= 11 is 1.37. The van der Waals surface area contributed by atoms with Gasteiger partial charge in [0, 0.05) is 18.2 Å². The van der Waals surface area contributed by atoms with E-state index in [0.29, 0.717) is 11.3 Å². The van der Waals surface area contributed by atoms with E-state index in [1.54, 1.807) is 0 Å². The number of esters is 1. The molecule has 0 saturated carbocycles. The van der Waals surface area contributed by atoms with Gasteiger partial charge in [0.2, 0.25) is 5.91 Å². The van der Waals surface area contributed by atoms with E-state index in [1.807, 2.05) is 0 Å². The van der Waals surface area contributed by atoms with Gasteiger partial charge in [-0.25, -0.2) is 4.79 Å². The number of rotatable bonds is 2. The second-order valence-corrected chi connectivity index (χ2v) is 5.13. The highest BCUT2D eigenvalue weighted by atomic mass is 32.2. The van der Waals surface area contributed by atoms with Gasteiger partial charge in [-0.3, -0.25) is 9.59 Å². The number of aliphatic carboxylic acids is 1. The van der Waals surface area contributed by atoms with Crippen LogP contribution in [0.1, 0.15) is 19.8 Å². The molecule has 0 radical (unpaired) electrons. The zero-order valence-electron chi connectivity index (χ0n) is 9.08. The summed E-state index contributed by atoms with van der Waals surface area (Å²) in [5, 5.41) is 8.90. The molecule has 2 aliphatic heterocycles. The number of thioether (sulfide) groups is 1. The topological polar surface area (TPSA) is 83.9 Å². The number of fused-ring (bicyclic) bond motifs is 1. The van der Waals surface area contributed by atoms with Crippen LogP contribution >= 0.6 is 11.8 Å². The molecule has 0 aliphatic carbocycles. The Bertz CT molecular complexity index is 419. The number of nitrogens with zero attached hydrogens (tertiary/aromatic N) is 1.